The number of fused-ring (bicyclic) bond motifs is 1. The zero-order chi connectivity index (χ0) is 17.7. The van der Waals surface area contributed by atoms with Gasteiger partial charge in [0, 0.05) is 19.7 Å². The minimum Gasteiger partial charge on any atom is -0.372 e. The lowest BCUT2D eigenvalue weighted by Gasteiger charge is -2.09. The lowest BCUT2D eigenvalue weighted by Crippen LogP contribution is -2.18. The van der Waals surface area contributed by atoms with Crippen LogP contribution in [0.4, 0.5) is 5.82 Å². The van der Waals surface area contributed by atoms with E-state index < -0.39 is 0 Å². The zero-order valence-corrected chi connectivity index (χ0v) is 14.9. The van der Waals surface area contributed by atoms with Gasteiger partial charge in [-0.2, -0.15) is 0 Å². The summed E-state index contributed by atoms with van der Waals surface area (Å²) in [5, 5.41) is 3.52. The van der Waals surface area contributed by atoms with E-state index in [1.54, 1.807) is 14.1 Å². The molecule has 126 valence electrons. The highest BCUT2D eigenvalue weighted by molar-refractivity contribution is 5.91. The molecule has 0 spiro atoms. The third-order valence-electron chi connectivity index (χ3n) is 3.80. The van der Waals surface area contributed by atoms with E-state index in [0.717, 1.165) is 17.7 Å². The number of benzene rings is 1. The SMILES string of the molecule is CC.CCc1ccc(-c2cc3ncn(C)c(=O)c3c(NC)n2)cc1. The summed E-state index contributed by atoms with van der Waals surface area (Å²) >= 11 is 0. The number of nitrogens with one attached hydrogen (secondary N) is 1. The van der Waals surface area contributed by atoms with Gasteiger partial charge in [-0.1, -0.05) is 45.0 Å². The molecule has 0 aliphatic rings. The molecule has 2 aromatic heterocycles. The summed E-state index contributed by atoms with van der Waals surface area (Å²) < 4.78 is 1.46. The molecule has 24 heavy (non-hydrogen) atoms. The van der Waals surface area contributed by atoms with Crippen LogP contribution in [0.15, 0.2) is 41.5 Å². The van der Waals surface area contributed by atoms with Crippen LogP contribution in [0.25, 0.3) is 22.2 Å². The van der Waals surface area contributed by atoms with E-state index in [1.165, 1.54) is 16.5 Å². The van der Waals surface area contributed by atoms with Gasteiger partial charge in [0.15, 0.2) is 0 Å². The highest BCUT2D eigenvalue weighted by Gasteiger charge is 2.12. The van der Waals surface area contributed by atoms with Crippen LogP contribution in [0.2, 0.25) is 0 Å². The maximum absolute atomic E-state index is 12.3. The van der Waals surface area contributed by atoms with Crippen LogP contribution >= 0.6 is 0 Å². The smallest absolute Gasteiger partial charge is 0.264 e. The van der Waals surface area contributed by atoms with Crippen molar-refractivity contribution in [2.45, 2.75) is 27.2 Å². The highest BCUT2D eigenvalue weighted by atomic mass is 16.1. The molecule has 0 saturated heterocycles. The number of aromatic nitrogens is 3. The monoisotopic (exact) mass is 324 g/mol. The van der Waals surface area contributed by atoms with Crippen molar-refractivity contribution in [2.24, 2.45) is 7.05 Å². The summed E-state index contributed by atoms with van der Waals surface area (Å²) in [6.45, 7) is 6.13. The van der Waals surface area contributed by atoms with Crippen molar-refractivity contribution in [3.05, 3.63) is 52.6 Å². The van der Waals surface area contributed by atoms with Gasteiger partial charge in [0.1, 0.15) is 11.2 Å². The first-order valence-corrected chi connectivity index (χ1v) is 8.27. The van der Waals surface area contributed by atoms with Gasteiger partial charge in [0.25, 0.3) is 5.56 Å². The minimum atomic E-state index is -0.102. The Morgan fingerprint density at radius 3 is 2.42 bits per heavy atom. The Kier molecular flexibility index (Phi) is 5.68. The van der Waals surface area contributed by atoms with E-state index >= 15 is 0 Å². The quantitative estimate of drug-likeness (QED) is 0.799. The van der Waals surface area contributed by atoms with Gasteiger partial charge in [-0.05, 0) is 18.1 Å². The normalized spacial score (nSPS) is 10.2. The molecule has 3 rings (SSSR count). The Labute approximate surface area is 142 Å². The van der Waals surface area contributed by atoms with Crippen LogP contribution in [0.5, 0.6) is 0 Å². The molecule has 5 nitrogen and oxygen atoms in total. The largest absolute Gasteiger partial charge is 0.372 e. The molecule has 0 radical (unpaired) electrons. The molecular weight excluding hydrogens is 300 g/mol. The molecule has 0 aliphatic heterocycles. The molecule has 0 bridgehead atoms. The second-order valence-corrected chi connectivity index (χ2v) is 5.21. The Morgan fingerprint density at radius 1 is 1.17 bits per heavy atom. The summed E-state index contributed by atoms with van der Waals surface area (Å²) in [5.41, 5.74) is 3.65. The number of pyridine rings is 1. The molecule has 1 aromatic carbocycles. The molecule has 0 amide bonds. The summed E-state index contributed by atoms with van der Waals surface area (Å²) in [7, 11) is 3.45. The molecule has 0 saturated carbocycles. The number of rotatable bonds is 3. The highest BCUT2D eigenvalue weighted by Crippen LogP contribution is 2.24. The average molecular weight is 324 g/mol. The van der Waals surface area contributed by atoms with Crippen molar-refractivity contribution in [3.63, 3.8) is 0 Å². The third kappa shape index (κ3) is 3.30. The number of aryl methyl sites for hydroxylation is 2. The maximum Gasteiger partial charge on any atom is 0.264 e. The molecular formula is C19H24N4O. The molecule has 3 aromatic rings. The Hall–Kier alpha value is -2.69. The Bertz CT molecular complexity index is 882. The number of hydrogen-bond donors (Lipinski definition) is 1. The van der Waals surface area contributed by atoms with Gasteiger partial charge < -0.3 is 9.88 Å². The van der Waals surface area contributed by atoms with Gasteiger partial charge in [0.05, 0.1) is 17.5 Å². The zero-order valence-electron chi connectivity index (χ0n) is 14.9. The number of hydrogen-bond acceptors (Lipinski definition) is 4. The summed E-state index contributed by atoms with van der Waals surface area (Å²) in [6, 6.07) is 10.1. The average Bonchev–Trinajstić information content (AvgIpc) is 2.65. The van der Waals surface area contributed by atoms with Crippen LogP contribution in [-0.2, 0) is 13.5 Å². The second-order valence-electron chi connectivity index (χ2n) is 5.21. The van der Waals surface area contributed by atoms with Gasteiger partial charge >= 0.3 is 0 Å². The molecule has 2 heterocycles. The van der Waals surface area contributed by atoms with Crippen molar-refractivity contribution in [3.8, 4) is 11.3 Å². The number of nitrogens with zero attached hydrogens (tertiary/aromatic N) is 3. The maximum atomic E-state index is 12.3. The van der Waals surface area contributed by atoms with Gasteiger partial charge in [0.2, 0.25) is 0 Å². The van der Waals surface area contributed by atoms with E-state index in [9.17, 15) is 4.79 Å². The first-order valence-electron chi connectivity index (χ1n) is 8.27. The second kappa shape index (κ2) is 7.73. The minimum absolute atomic E-state index is 0.102. The summed E-state index contributed by atoms with van der Waals surface area (Å²) in [4.78, 5) is 21.2. The predicted molar refractivity (Wildman–Crippen MR) is 100 cm³/mol. The van der Waals surface area contributed by atoms with Crippen LogP contribution in [0, 0.1) is 0 Å². The third-order valence-corrected chi connectivity index (χ3v) is 3.80. The molecule has 0 unspecified atom stereocenters. The van der Waals surface area contributed by atoms with Crippen molar-refractivity contribution in [2.75, 3.05) is 12.4 Å². The lowest BCUT2D eigenvalue weighted by atomic mass is 10.1. The Morgan fingerprint density at radius 2 is 1.83 bits per heavy atom. The molecule has 0 aliphatic carbocycles. The van der Waals surface area contributed by atoms with Crippen LogP contribution < -0.4 is 10.9 Å². The molecule has 0 atom stereocenters. The molecule has 0 fully saturated rings. The standard InChI is InChI=1S/C17H18N4O.C2H6/c1-4-11-5-7-12(8-6-11)13-9-14-15(16(18-2)20-13)17(22)21(3)10-19-14;1-2/h5-10H,4H2,1-3H3,(H,18,20);1-2H3. The van der Waals surface area contributed by atoms with Gasteiger partial charge in [-0.3, -0.25) is 4.79 Å². The van der Waals surface area contributed by atoms with E-state index in [0.29, 0.717) is 16.7 Å². The first-order chi connectivity index (χ1) is 11.6. The molecule has 1 N–H and O–H groups in total. The predicted octanol–water partition coefficient (Wildman–Crippen LogP) is 3.63. The van der Waals surface area contributed by atoms with E-state index in [4.69, 9.17) is 0 Å². The topological polar surface area (TPSA) is 59.8 Å². The fourth-order valence-electron chi connectivity index (χ4n) is 2.46. The lowest BCUT2D eigenvalue weighted by molar-refractivity contribution is 0.842. The van der Waals surface area contributed by atoms with Crippen molar-refractivity contribution < 1.29 is 0 Å². The molecule has 5 heteroatoms. The van der Waals surface area contributed by atoms with Crippen LogP contribution in [0.3, 0.4) is 0 Å². The van der Waals surface area contributed by atoms with Crippen molar-refractivity contribution >= 4 is 16.7 Å². The summed E-state index contributed by atoms with van der Waals surface area (Å²) in [5.74, 6) is 0.556. The van der Waals surface area contributed by atoms with E-state index in [1.807, 2.05) is 32.0 Å². The summed E-state index contributed by atoms with van der Waals surface area (Å²) in [6.07, 6.45) is 2.54. The van der Waals surface area contributed by atoms with Gasteiger partial charge in [-0.25, -0.2) is 9.97 Å². The van der Waals surface area contributed by atoms with Gasteiger partial charge in [-0.15, -0.1) is 0 Å². The Balaban J connectivity index is 0.00000100. The fraction of sp³-hybridized carbons (Fsp3) is 0.316. The number of anilines is 1. The fourth-order valence-corrected chi connectivity index (χ4v) is 2.46. The van der Waals surface area contributed by atoms with E-state index in [2.05, 4.69) is 34.3 Å². The van der Waals surface area contributed by atoms with Crippen molar-refractivity contribution in [1.82, 2.24) is 14.5 Å². The van der Waals surface area contributed by atoms with Crippen LogP contribution in [0.1, 0.15) is 26.3 Å². The van der Waals surface area contributed by atoms with Crippen molar-refractivity contribution in [1.29, 1.82) is 0 Å². The van der Waals surface area contributed by atoms with E-state index in [-0.39, 0.29) is 5.56 Å². The first kappa shape index (κ1) is 17.7. The van der Waals surface area contributed by atoms with Crippen LogP contribution in [-0.4, -0.2) is 21.6 Å².